The van der Waals surface area contributed by atoms with Crippen molar-refractivity contribution in [2.75, 3.05) is 6.54 Å². The van der Waals surface area contributed by atoms with Gasteiger partial charge in [-0.15, -0.1) is 0 Å². The average molecular weight is 453 g/mol. The Balaban J connectivity index is 0.000000291. The van der Waals surface area contributed by atoms with Gasteiger partial charge in [-0.25, -0.2) is 0 Å². The normalized spacial score (nSPS) is 15.6. The summed E-state index contributed by atoms with van der Waals surface area (Å²) < 4.78 is 10.8. The van der Waals surface area contributed by atoms with Crippen LogP contribution in [0.5, 0.6) is 0 Å². The molecule has 34 heavy (non-hydrogen) atoms. The van der Waals surface area contributed by atoms with E-state index in [9.17, 15) is 0 Å². The molecule has 0 N–H and O–H groups in total. The first-order valence-electron chi connectivity index (χ1n) is 11.1. The summed E-state index contributed by atoms with van der Waals surface area (Å²) in [6.07, 6.45) is 3.23. The van der Waals surface area contributed by atoms with Crippen molar-refractivity contribution >= 4 is 0 Å². The second-order valence-electron chi connectivity index (χ2n) is 8.04. The number of hydrogen-bond acceptors (Lipinski definition) is 8. The molecule has 0 saturated carbocycles. The molecule has 2 aromatic carbocycles. The van der Waals surface area contributed by atoms with E-state index in [2.05, 4.69) is 26.3 Å². The third-order valence-corrected chi connectivity index (χ3v) is 5.54. The van der Waals surface area contributed by atoms with Crippen LogP contribution < -0.4 is 0 Å². The van der Waals surface area contributed by atoms with Crippen LogP contribution in [0.1, 0.15) is 53.8 Å². The lowest BCUT2D eigenvalue weighted by Gasteiger charge is -2.32. The summed E-state index contributed by atoms with van der Waals surface area (Å²) in [6, 6.07) is 22.6. The van der Waals surface area contributed by atoms with Crippen molar-refractivity contribution in [3.05, 3.63) is 89.1 Å². The summed E-state index contributed by atoms with van der Waals surface area (Å²) in [5.74, 6) is 1.94. The van der Waals surface area contributed by atoms with Gasteiger partial charge < -0.3 is 9.05 Å². The van der Waals surface area contributed by atoms with E-state index in [1.54, 1.807) is 24.3 Å². The molecule has 0 radical (unpaired) electrons. The van der Waals surface area contributed by atoms with E-state index < -0.39 is 0 Å². The Morgan fingerprint density at radius 1 is 0.941 bits per heavy atom. The number of piperidine rings is 1. The average Bonchev–Trinajstić information content (AvgIpc) is 3.55. The molecular formula is C26H24N6O2. The molecule has 1 unspecified atom stereocenters. The van der Waals surface area contributed by atoms with Gasteiger partial charge in [-0.3, -0.25) is 4.90 Å². The van der Waals surface area contributed by atoms with Gasteiger partial charge in [-0.2, -0.15) is 15.5 Å². The van der Waals surface area contributed by atoms with Crippen LogP contribution in [0.3, 0.4) is 0 Å². The van der Waals surface area contributed by atoms with Gasteiger partial charge in [-0.05, 0) is 50.6 Å². The summed E-state index contributed by atoms with van der Waals surface area (Å²) in [7, 11) is 0. The van der Waals surface area contributed by atoms with Gasteiger partial charge in [0.1, 0.15) is 5.76 Å². The Kier molecular flexibility index (Phi) is 7.44. The van der Waals surface area contributed by atoms with Crippen molar-refractivity contribution in [2.45, 2.75) is 38.8 Å². The maximum absolute atomic E-state index is 9.06. The standard InChI is InChI=1S/C19H19N5O2.C7H5N/c1-13-9-16(22-25-13)12-24-8-3-2-7-17(24)19-21-18(23-26-19)15-6-4-5-14(10-15)11-20;8-6-7-4-2-1-3-5-7/h4-6,9-10,17H,2-3,7-8,12H2,1H3;1-5H. The first kappa shape index (κ1) is 22.9. The third-order valence-electron chi connectivity index (χ3n) is 5.54. The van der Waals surface area contributed by atoms with Gasteiger partial charge in [0.05, 0.1) is 35.0 Å². The highest BCUT2D eigenvalue weighted by Crippen LogP contribution is 2.32. The summed E-state index contributed by atoms with van der Waals surface area (Å²) in [5.41, 5.74) is 2.99. The Morgan fingerprint density at radius 2 is 1.74 bits per heavy atom. The van der Waals surface area contributed by atoms with Crippen LogP contribution >= 0.6 is 0 Å². The van der Waals surface area contributed by atoms with Crippen molar-refractivity contribution in [1.82, 2.24) is 20.2 Å². The number of benzene rings is 2. The molecule has 1 fully saturated rings. The molecule has 0 bridgehead atoms. The van der Waals surface area contributed by atoms with Crippen LogP contribution in [0.15, 0.2) is 69.7 Å². The zero-order valence-electron chi connectivity index (χ0n) is 18.9. The van der Waals surface area contributed by atoms with Crippen molar-refractivity contribution in [2.24, 2.45) is 0 Å². The van der Waals surface area contributed by atoms with E-state index in [-0.39, 0.29) is 6.04 Å². The van der Waals surface area contributed by atoms with Gasteiger partial charge in [0.2, 0.25) is 11.7 Å². The Morgan fingerprint density at radius 3 is 2.44 bits per heavy atom. The van der Waals surface area contributed by atoms with Crippen molar-refractivity contribution in [3.63, 3.8) is 0 Å². The molecule has 4 aromatic rings. The highest BCUT2D eigenvalue weighted by Gasteiger charge is 2.29. The number of nitrogens with zero attached hydrogens (tertiary/aromatic N) is 6. The fraction of sp³-hybridized carbons (Fsp3) is 0.269. The van der Waals surface area contributed by atoms with Crippen molar-refractivity contribution in [1.29, 1.82) is 10.5 Å². The van der Waals surface area contributed by atoms with Crippen LogP contribution in [0, 0.1) is 29.6 Å². The molecule has 2 aromatic heterocycles. The highest BCUT2D eigenvalue weighted by molar-refractivity contribution is 5.57. The lowest BCUT2D eigenvalue weighted by molar-refractivity contribution is 0.109. The van der Waals surface area contributed by atoms with Crippen LogP contribution in [-0.4, -0.2) is 26.7 Å². The lowest BCUT2D eigenvalue weighted by Crippen LogP contribution is -2.33. The SMILES string of the molecule is Cc1cc(CN2CCCCC2c2nc(-c3cccc(C#N)c3)no2)no1.N#Cc1ccccc1. The summed E-state index contributed by atoms with van der Waals surface area (Å²) in [5, 5.41) is 25.6. The Bertz CT molecular complexity index is 1300. The largest absolute Gasteiger partial charge is 0.361 e. The maximum Gasteiger partial charge on any atom is 0.244 e. The van der Waals surface area contributed by atoms with Gasteiger partial charge in [0, 0.05) is 18.2 Å². The Labute approximate surface area is 198 Å². The molecule has 170 valence electrons. The van der Waals surface area contributed by atoms with E-state index in [1.165, 1.54) is 0 Å². The smallest absolute Gasteiger partial charge is 0.244 e. The number of aryl methyl sites for hydroxylation is 1. The molecule has 1 atom stereocenters. The van der Waals surface area contributed by atoms with E-state index in [0.717, 1.165) is 42.8 Å². The first-order valence-corrected chi connectivity index (χ1v) is 11.1. The fourth-order valence-corrected chi connectivity index (χ4v) is 3.89. The minimum atomic E-state index is 0.0705. The zero-order chi connectivity index (χ0) is 23.8. The quantitative estimate of drug-likeness (QED) is 0.415. The van der Waals surface area contributed by atoms with Crippen LogP contribution in [0.2, 0.25) is 0 Å². The number of aromatic nitrogens is 3. The fourth-order valence-electron chi connectivity index (χ4n) is 3.89. The molecule has 8 nitrogen and oxygen atoms in total. The van der Waals surface area contributed by atoms with Gasteiger partial charge >= 0.3 is 0 Å². The molecular weight excluding hydrogens is 428 g/mol. The predicted molar refractivity (Wildman–Crippen MR) is 124 cm³/mol. The molecule has 3 heterocycles. The van der Waals surface area contributed by atoms with E-state index >= 15 is 0 Å². The second kappa shape index (κ2) is 11.0. The molecule has 5 rings (SSSR count). The minimum absolute atomic E-state index is 0.0705. The van der Waals surface area contributed by atoms with Crippen molar-refractivity contribution in [3.8, 4) is 23.5 Å². The molecule has 0 aliphatic carbocycles. The molecule has 0 spiro atoms. The van der Waals surface area contributed by atoms with E-state index in [4.69, 9.17) is 19.6 Å². The lowest BCUT2D eigenvalue weighted by atomic mass is 10.0. The highest BCUT2D eigenvalue weighted by atomic mass is 16.5. The zero-order valence-corrected chi connectivity index (χ0v) is 18.9. The summed E-state index contributed by atoms with van der Waals surface area (Å²) in [4.78, 5) is 6.91. The van der Waals surface area contributed by atoms with Crippen LogP contribution in [0.25, 0.3) is 11.4 Å². The molecule has 1 saturated heterocycles. The molecule has 1 aliphatic rings. The molecule has 0 amide bonds. The number of nitriles is 2. The number of likely N-dealkylation sites (tertiary alicyclic amines) is 1. The molecule has 8 heteroatoms. The van der Waals surface area contributed by atoms with Crippen LogP contribution in [0.4, 0.5) is 0 Å². The minimum Gasteiger partial charge on any atom is -0.361 e. The van der Waals surface area contributed by atoms with Gasteiger partial charge in [-0.1, -0.05) is 47.1 Å². The van der Waals surface area contributed by atoms with E-state index in [0.29, 0.717) is 29.4 Å². The molecule has 1 aliphatic heterocycles. The topological polar surface area (TPSA) is 116 Å². The van der Waals surface area contributed by atoms with Gasteiger partial charge in [0.25, 0.3) is 0 Å². The first-order chi connectivity index (χ1) is 16.7. The second-order valence-corrected chi connectivity index (χ2v) is 8.04. The monoisotopic (exact) mass is 452 g/mol. The number of hydrogen-bond donors (Lipinski definition) is 0. The van der Waals surface area contributed by atoms with Gasteiger partial charge in [0.15, 0.2) is 0 Å². The summed E-state index contributed by atoms with van der Waals surface area (Å²) >= 11 is 0. The van der Waals surface area contributed by atoms with Crippen LogP contribution in [-0.2, 0) is 6.54 Å². The maximum atomic E-state index is 9.06. The number of rotatable bonds is 4. The summed E-state index contributed by atoms with van der Waals surface area (Å²) in [6.45, 7) is 3.55. The third kappa shape index (κ3) is 5.74. The predicted octanol–water partition coefficient (Wildman–Crippen LogP) is 5.19. The van der Waals surface area contributed by atoms with Crippen molar-refractivity contribution < 1.29 is 9.05 Å². The Hall–Kier alpha value is -4.27. The van der Waals surface area contributed by atoms with E-state index in [1.807, 2.05) is 49.4 Å².